The lowest BCUT2D eigenvalue weighted by Gasteiger charge is -2.12. The van der Waals surface area contributed by atoms with E-state index in [9.17, 15) is 13.5 Å². The summed E-state index contributed by atoms with van der Waals surface area (Å²) >= 11 is 0. The second-order valence-electron chi connectivity index (χ2n) is 6.26. The third-order valence-electron chi connectivity index (χ3n) is 4.90. The molecule has 4 nitrogen and oxygen atoms in total. The van der Waals surface area contributed by atoms with Crippen LogP contribution in [0.1, 0.15) is 17.0 Å². The molecule has 23 heavy (non-hydrogen) atoms. The number of nitrogens with two attached hydrogens (primary N) is 1. The Morgan fingerprint density at radius 3 is 2.22 bits per heavy atom. The van der Waals surface area contributed by atoms with E-state index in [2.05, 4.69) is 0 Å². The van der Waals surface area contributed by atoms with Gasteiger partial charge in [0.25, 0.3) is 0 Å². The highest BCUT2D eigenvalue weighted by atomic mass is 32.2. The topological polar surface area (TPSA) is 80.4 Å². The number of aliphatic hydroxyl groups is 1. The number of hydrogen-bond donors (Lipinski definition) is 2. The Bertz CT molecular complexity index is 781. The highest BCUT2D eigenvalue weighted by Crippen LogP contribution is 2.63. The van der Waals surface area contributed by atoms with Gasteiger partial charge < -0.3 is 10.8 Å². The first kappa shape index (κ1) is 16.2. The minimum Gasteiger partial charge on any atom is -0.396 e. The Morgan fingerprint density at radius 2 is 1.70 bits per heavy atom. The summed E-state index contributed by atoms with van der Waals surface area (Å²) in [6, 6.07) is 16.2. The molecular formula is C18H21NO3S. The summed E-state index contributed by atoms with van der Waals surface area (Å²) in [6.45, 7) is 1.88. The smallest absolute Gasteiger partial charge is 0.182 e. The van der Waals surface area contributed by atoms with E-state index in [4.69, 9.17) is 5.73 Å². The van der Waals surface area contributed by atoms with Crippen molar-refractivity contribution in [2.45, 2.75) is 23.0 Å². The number of rotatable bonds is 5. The molecule has 0 aromatic heterocycles. The molecule has 0 saturated heterocycles. The van der Waals surface area contributed by atoms with Crippen molar-refractivity contribution in [3.8, 4) is 0 Å². The van der Waals surface area contributed by atoms with Crippen LogP contribution >= 0.6 is 0 Å². The van der Waals surface area contributed by atoms with Crippen LogP contribution < -0.4 is 5.73 Å². The number of aliphatic hydroxyl groups excluding tert-OH is 1. The van der Waals surface area contributed by atoms with Crippen molar-refractivity contribution in [1.82, 2.24) is 0 Å². The normalized spacial score (nSPS) is 26.9. The fourth-order valence-electron chi connectivity index (χ4n) is 3.47. The maximum absolute atomic E-state index is 13.0. The first-order valence-corrected chi connectivity index (χ1v) is 9.18. The van der Waals surface area contributed by atoms with E-state index >= 15 is 0 Å². The van der Waals surface area contributed by atoms with E-state index in [1.54, 1.807) is 30.3 Å². The standard InChI is InChI=1S/C18H21NO3S/c1-13-7-9-14(10-8-13)16-17(18(16,11-19)12-20)23(21,22)15-5-3-2-4-6-15/h2-10,16-17,20H,11-12,19H2,1H3/t16-,17-,18-/m0/s1. The molecular weight excluding hydrogens is 310 g/mol. The lowest BCUT2D eigenvalue weighted by molar-refractivity contribution is 0.212. The van der Waals surface area contributed by atoms with Crippen molar-refractivity contribution in [2.24, 2.45) is 11.1 Å². The van der Waals surface area contributed by atoms with Crippen molar-refractivity contribution < 1.29 is 13.5 Å². The van der Waals surface area contributed by atoms with Gasteiger partial charge >= 0.3 is 0 Å². The monoisotopic (exact) mass is 331 g/mol. The van der Waals surface area contributed by atoms with Gasteiger partial charge in [-0.05, 0) is 24.6 Å². The molecule has 0 radical (unpaired) electrons. The van der Waals surface area contributed by atoms with E-state index in [1.807, 2.05) is 31.2 Å². The van der Waals surface area contributed by atoms with Crippen LogP contribution in [0.25, 0.3) is 0 Å². The Kier molecular flexibility index (Phi) is 4.04. The number of hydrogen-bond acceptors (Lipinski definition) is 4. The molecule has 1 fully saturated rings. The maximum Gasteiger partial charge on any atom is 0.182 e. The molecule has 2 aromatic carbocycles. The molecule has 1 aliphatic carbocycles. The first-order chi connectivity index (χ1) is 11.0. The zero-order chi connectivity index (χ0) is 16.7. The highest BCUT2D eigenvalue weighted by molar-refractivity contribution is 7.92. The van der Waals surface area contributed by atoms with Gasteiger partial charge in [-0.2, -0.15) is 0 Å². The van der Waals surface area contributed by atoms with Gasteiger partial charge in [0.15, 0.2) is 9.84 Å². The molecule has 5 heteroatoms. The molecule has 122 valence electrons. The van der Waals surface area contributed by atoms with Crippen molar-refractivity contribution in [3.63, 3.8) is 0 Å². The van der Waals surface area contributed by atoms with Crippen molar-refractivity contribution in [3.05, 3.63) is 65.7 Å². The molecule has 1 saturated carbocycles. The molecule has 0 spiro atoms. The first-order valence-electron chi connectivity index (χ1n) is 7.64. The largest absolute Gasteiger partial charge is 0.396 e. The zero-order valence-electron chi connectivity index (χ0n) is 13.0. The van der Waals surface area contributed by atoms with E-state index in [1.165, 1.54) is 0 Å². The van der Waals surface area contributed by atoms with E-state index in [0.717, 1.165) is 11.1 Å². The molecule has 3 N–H and O–H groups in total. The minimum absolute atomic E-state index is 0.138. The van der Waals surface area contributed by atoms with Crippen LogP contribution in [-0.2, 0) is 9.84 Å². The Balaban J connectivity index is 2.05. The summed E-state index contributed by atoms with van der Waals surface area (Å²) in [5.41, 5.74) is 7.10. The summed E-state index contributed by atoms with van der Waals surface area (Å²) in [4.78, 5) is 0.283. The van der Waals surface area contributed by atoms with Crippen LogP contribution in [0.15, 0.2) is 59.5 Å². The number of benzene rings is 2. The Morgan fingerprint density at radius 1 is 1.09 bits per heavy atom. The van der Waals surface area contributed by atoms with E-state index < -0.39 is 20.5 Å². The fraction of sp³-hybridized carbons (Fsp3) is 0.333. The van der Waals surface area contributed by atoms with Gasteiger partial charge in [-0.3, -0.25) is 0 Å². The molecule has 0 aliphatic heterocycles. The molecule has 0 amide bonds. The third-order valence-corrected chi connectivity index (χ3v) is 7.24. The molecule has 2 aromatic rings. The van der Waals surface area contributed by atoms with Gasteiger partial charge in [-0.15, -0.1) is 0 Å². The van der Waals surface area contributed by atoms with Gasteiger partial charge in [-0.25, -0.2) is 8.42 Å². The van der Waals surface area contributed by atoms with Gasteiger partial charge in [0.2, 0.25) is 0 Å². The van der Waals surface area contributed by atoms with Crippen LogP contribution in [0.2, 0.25) is 0 Å². The third kappa shape index (κ3) is 2.49. The predicted molar refractivity (Wildman–Crippen MR) is 89.9 cm³/mol. The fourth-order valence-corrected chi connectivity index (χ4v) is 5.95. The van der Waals surface area contributed by atoms with Crippen LogP contribution in [0.3, 0.4) is 0 Å². The van der Waals surface area contributed by atoms with Crippen LogP contribution in [0, 0.1) is 12.3 Å². The summed E-state index contributed by atoms with van der Waals surface area (Å²) < 4.78 is 26.0. The Hall–Kier alpha value is -1.69. The van der Waals surface area contributed by atoms with Crippen molar-refractivity contribution in [2.75, 3.05) is 13.2 Å². The van der Waals surface area contributed by atoms with Crippen molar-refractivity contribution >= 4 is 9.84 Å². The minimum atomic E-state index is -3.55. The summed E-state index contributed by atoms with van der Waals surface area (Å²) in [5, 5.41) is 9.19. The molecule has 0 unspecified atom stereocenters. The van der Waals surface area contributed by atoms with Gasteiger partial charge in [0.05, 0.1) is 16.8 Å². The average Bonchev–Trinajstić information content (AvgIpc) is 3.27. The molecule has 0 bridgehead atoms. The summed E-state index contributed by atoms with van der Waals surface area (Å²) in [6.07, 6.45) is 0. The maximum atomic E-state index is 13.0. The SMILES string of the molecule is Cc1ccc([C@H]2[C@H](S(=O)(=O)c3ccccc3)[C@@]2(CN)CO)cc1. The lowest BCUT2D eigenvalue weighted by atomic mass is 9.99. The predicted octanol–water partition coefficient (Wildman–Crippen LogP) is 1.87. The lowest BCUT2D eigenvalue weighted by Crippen LogP contribution is -2.27. The van der Waals surface area contributed by atoms with E-state index in [0.29, 0.717) is 0 Å². The molecule has 1 aliphatic rings. The van der Waals surface area contributed by atoms with Gasteiger partial charge in [-0.1, -0.05) is 48.0 Å². The van der Waals surface area contributed by atoms with Crippen LogP contribution in [-0.4, -0.2) is 31.9 Å². The zero-order valence-corrected chi connectivity index (χ0v) is 13.8. The Labute approximate surface area is 136 Å². The second kappa shape index (κ2) is 5.74. The van der Waals surface area contributed by atoms with Gasteiger partial charge in [0, 0.05) is 17.9 Å². The number of sulfone groups is 1. The highest BCUT2D eigenvalue weighted by Gasteiger charge is 2.70. The van der Waals surface area contributed by atoms with Crippen molar-refractivity contribution in [1.29, 1.82) is 0 Å². The van der Waals surface area contributed by atoms with Gasteiger partial charge in [0.1, 0.15) is 0 Å². The average molecular weight is 331 g/mol. The molecule has 3 rings (SSSR count). The summed E-state index contributed by atoms with van der Waals surface area (Å²) in [7, 11) is -3.55. The quantitative estimate of drug-likeness (QED) is 0.876. The number of aryl methyl sites for hydroxylation is 1. The molecule has 0 heterocycles. The molecule has 3 atom stereocenters. The van der Waals surface area contributed by atoms with Crippen LogP contribution in [0.5, 0.6) is 0 Å². The summed E-state index contributed by atoms with van der Waals surface area (Å²) in [5.74, 6) is -0.275. The van der Waals surface area contributed by atoms with Crippen LogP contribution in [0.4, 0.5) is 0 Å². The van der Waals surface area contributed by atoms with E-state index in [-0.39, 0.29) is 24.0 Å². The second-order valence-corrected chi connectivity index (χ2v) is 8.33.